The number of hydrogen-bond donors (Lipinski definition) is 1. The number of alkyl halides is 6. The van der Waals surface area contributed by atoms with E-state index in [-0.39, 0.29) is 23.6 Å². The van der Waals surface area contributed by atoms with E-state index in [9.17, 15) is 36.2 Å². The second-order valence-corrected chi connectivity index (χ2v) is 11.6. The van der Waals surface area contributed by atoms with E-state index in [1.807, 2.05) is 60.7 Å². The van der Waals surface area contributed by atoms with E-state index in [2.05, 4.69) is 20.3 Å². The summed E-state index contributed by atoms with van der Waals surface area (Å²) in [5, 5.41) is 21.7. The van der Waals surface area contributed by atoms with Crippen LogP contribution in [0.4, 0.5) is 26.3 Å². The first-order valence-electron chi connectivity index (χ1n) is 14.6. The van der Waals surface area contributed by atoms with Gasteiger partial charge < -0.3 is 9.84 Å². The molecule has 4 unspecified atom stereocenters. The highest BCUT2D eigenvalue weighted by molar-refractivity contribution is 5.66. The van der Waals surface area contributed by atoms with E-state index in [0.29, 0.717) is 43.8 Å². The average molecular weight is 646 g/mol. The molecule has 14 heteroatoms. The quantitative estimate of drug-likeness (QED) is 0.210. The average Bonchev–Trinajstić information content (AvgIpc) is 3.54. The van der Waals surface area contributed by atoms with Gasteiger partial charge in [-0.15, -0.1) is 10.2 Å². The van der Waals surface area contributed by atoms with Crippen LogP contribution in [-0.4, -0.2) is 48.3 Å². The van der Waals surface area contributed by atoms with Crippen molar-refractivity contribution in [2.24, 2.45) is 0 Å². The number of carboxylic acid groups (broad SMARTS) is 1. The Hall–Kier alpha value is -4.30. The van der Waals surface area contributed by atoms with Gasteiger partial charge in [-0.3, -0.25) is 9.69 Å². The highest BCUT2D eigenvalue weighted by Gasteiger charge is 2.61. The van der Waals surface area contributed by atoms with Crippen LogP contribution in [0.1, 0.15) is 58.8 Å². The van der Waals surface area contributed by atoms with Gasteiger partial charge in [-0.05, 0) is 59.4 Å². The van der Waals surface area contributed by atoms with Gasteiger partial charge in [0.15, 0.2) is 12.4 Å². The number of benzene rings is 3. The minimum atomic E-state index is -4.98. The molecule has 2 bridgehead atoms. The number of piperidine rings is 1. The van der Waals surface area contributed by atoms with E-state index in [4.69, 9.17) is 4.74 Å². The molecule has 2 aliphatic heterocycles. The van der Waals surface area contributed by atoms with Gasteiger partial charge in [0.2, 0.25) is 0 Å². The number of aliphatic carboxylic acids is 1. The molecule has 1 aromatic heterocycles. The van der Waals surface area contributed by atoms with Crippen LogP contribution in [0.2, 0.25) is 0 Å². The summed E-state index contributed by atoms with van der Waals surface area (Å²) in [6, 6.07) is 20.4. The first-order chi connectivity index (χ1) is 21.8. The maximum absolute atomic E-state index is 13.6. The summed E-state index contributed by atoms with van der Waals surface area (Å²) in [6.07, 6.45) is -9.19. The first kappa shape index (κ1) is 31.7. The number of carboxylic acids is 1. The largest absolute Gasteiger partial charge is 0.480 e. The maximum atomic E-state index is 13.6. The highest BCUT2D eigenvalue weighted by Crippen LogP contribution is 2.57. The smallest absolute Gasteiger partial charge is 0.416 e. The molecule has 2 fully saturated rings. The molecule has 8 nitrogen and oxygen atoms in total. The van der Waals surface area contributed by atoms with Crippen molar-refractivity contribution in [1.82, 2.24) is 25.1 Å². The zero-order chi connectivity index (χ0) is 32.7. The molecule has 0 radical (unpaired) electrons. The summed E-state index contributed by atoms with van der Waals surface area (Å²) in [5.74, 6) is -1.08. The van der Waals surface area contributed by atoms with Gasteiger partial charge in [-0.25, -0.2) is 0 Å². The van der Waals surface area contributed by atoms with Crippen molar-refractivity contribution in [3.8, 4) is 0 Å². The second kappa shape index (κ2) is 12.1. The molecule has 0 amide bonds. The van der Waals surface area contributed by atoms with Gasteiger partial charge in [-0.2, -0.15) is 31.1 Å². The second-order valence-electron chi connectivity index (χ2n) is 11.6. The Kier molecular flexibility index (Phi) is 8.36. The zero-order valence-electron chi connectivity index (χ0n) is 24.2. The Labute approximate surface area is 259 Å². The lowest BCUT2D eigenvalue weighted by atomic mass is 9.78. The number of halogens is 6. The molecule has 0 aliphatic carbocycles. The summed E-state index contributed by atoms with van der Waals surface area (Å²) in [6.45, 7) is -0.486. The SMILES string of the molecule is O=C(O)Cn1nnc(C2CC3(c4ccccc4)C(OCc4cc(C(F)(F)F)cc(C(F)(F)F)c4)CCC2N3Cc2ccccc2)n1. The van der Waals surface area contributed by atoms with Gasteiger partial charge in [-0.1, -0.05) is 60.7 Å². The molecule has 46 heavy (non-hydrogen) atoms. The van der Waals surface area contributed by atoms with Crippen molar-refractivity contribution >= 4 is 5.97 Å². The van der Waals surface area contributed by atoms with Crippen molar-refractivity contribution < 1.29 is 41.0 Å². The van der Waals surface area contributed by atoms with Gasteiger partial charge >= 0.3 is 18.3 Å². The van der Waals surface area contributed by atoms with Crippen LogP contribution in [0.5, 0.6) is 0 Å². The number of fused-ring (bicyclic) bond motifs is 2. The Balaban J connectivity index is 1.41. The number of ether oxygens (including phenoxy) is 1. The molecule has 3 heterocycles. The predicted molar refractivity (Wildman–Crippen MR) is 151 cm³/mol. The molecule has 2 aliphatic rings. The maximum Gasteiger partial charge on any atom is 0.416 e. The molecule has 1 N–H and O–H groups in total. The minimum Gasteiger partial charge on any atom is -0.480 e. The first-order valence-corrected chi connectivity index (χ1v) is 14.6. The van der Waals surface area contributed by atoms with Crippen LogP contribution < -0.4 is 0 Å². The Morgan fingerprint density at radius 1 is 0.891 bits per heavy atom. The third-order valence-electron chi connectivity index (χ3n) is 8.81. The van der Waals surface area contributed by atoms with Gasteiger partial charge in [0.05, 0.1) is 29.4 Å². The van der Waals surface area contributed by atoms with E-state index in [0.717, 1.165) is 15.9 Å². The van der Waals surface area contributed by atoms with Crippen LogP contribution in [0.25, 0.3) is 0 Å². The van der Waals surface area contributed by atoms with Gasteiger partial charge in [0.25, 0.3) is 0 Å². The van der Waals surface area contributed by atoms with Crippen LogP contribution in [0.3, 0.4) is 0 Å². The fourth-order valence-electron chi connectivity index (χ4n) is 6.95. The summed E-state index contributed by atoms with van der Waals surface area (Å²) < 4.78 is 88.0. The van der Waals surface area contributed by atoms with Crippen molar-refractivity contribution in [3.63, 3.8) is 0 Å². The Morgan fingerprint density at radius 3 is 2.13 bits per heavy atom. The number of rotatable bonds is 9. The lowest BCUT2D eigenvalue weighted by molar-refractivity contribution is -0.143. The van der Waals surface area contributed by atoms with Crippen molar-refractivity contribution in [1.29, 1.82) is 0 Å². The Morgan fingerprint density at radius 2 is 1.52 bits per heavy atom. The van der Waals surface area contributed by atoms with Gasteiger partial charge in [0, 0.05) is 18.5 Å². The molecule has 4 atom stereocenters. The van der Waals surface area contributed by atoms with Crippen molar-refractivity contribution in [2.45, 2.75) is 74.9 Å². The lowest BCUT2D eigenvalue weighted by Crippen LogP contribution is -2.56. The normalized spacial score (nSPS) is 23.5. The topological polar surface area (TPSA) is 93.4 Å². The molecule has 3 aromatic carbocycles. The van der Waals surface area contributed by atoms with Crippen molar-refractivity contribution in [3.05, 3.63) is 113 Å². The number of nitrogens with zero attached hydrogens (tertiary/aromatic N) is 5. The lowest BCUT2D eigenvalue weighted by Gasteiger charge is -2.50. The monoisotopic (exact) mass is 645 g/mol. The van der Waals surface area contributed by atoms with Crippen LogP contribution >= 0.6 is 0 Å². The third-order valence-corrected chi connectivity index (χ3v) is 8.81. The fourth-order valence-corrected chi connectivity index (χ4v) is 6.95. The molecule has 4 aromatic rings. The molecule has 0 spiro atoms. The van der Waals surface area contributed by atoms with Crippen molar-refractivity contribution in [2.75, 3.05) is 0 Å². The highest BCUT2D eigenvalue weighted by atomic mass is 19.4. The number of tetrazole rings is 1. The van der Waals surface area contributed by atoms with Crippen LogP contribution in [0.15, 0.2) is 78.9 Å². The van der Waals surface area contributed by atoms with Crippen LogP contribution in [0, 0.1) is 0 Å². The number of aromatic nitrogens is 4. The van der Waals surface area contributed by atoms with Crippen LogP contribution in [-0.2, 0) is 47.1 Å². The van der Waals surface area contributed by atoms with E-state index in [1.165, 1.54) is 0 Å². The summed E-state index contributed by atoms with van der Waals surface area (Å²) in [4.78, 5) is 14.6. The molecule has 6 rings (SSSR count). The Bertz CT molecular complexity index is 1650. The standard InChI is InChI=1S/C32H29F6N5O3/c33-31(34,35)23-13-21(14-24(15-23)32(36,37)38)19-46-27-12-11-26-25(29-39-41-43(40-29)18-28(44)45)16-30(27,22-9-5-2-6-10-22)42(26)17-20-7-3-1-4-8-20/h1-10,13-15,25-27H,11-12,16-19H2,(H,44,45). The summed E-state index contributed by atoms with van der Waals surface area (Å²) >= 11 is 0. The van der Waals surface area contributed by atoms with Gasteiger partial charge in [0.1, 0.15) is 0 Å². The summed E-state index contributed by atoms with van der Waals surface area (Å²) in [5.41, 5.74) is -2.06. The molecule has 242 valence electrons. The molecular weight excluding hydrogens is 616 g/mol. The van der Waals surface area contributed by atoms with E-state index < -0.39 is 54.2 Å². The molecule has 0 saturated carbocycles. The molecular formula is C32H29F6N5O3. The zero-order valence-corrected chi connectivity index (χ0v) is 24.2. The third kappa shape index (κ3) is 6.23. The number of hydrogen-bond acceptors (Lipinski definition) is 6. The number of carbonyl (C=O) groups is 1. The molecule has 2 saturated heterocycles. The fraction of sp³-hybridized carbons (Fsp3) is 0.375. The summed E-state index contributed by atoms with van der Waals surface area (Å²) in [7, 11) is 0. The van der Waals surface area contributed by atoms with E-state index in [1.54, 1.807) is 0 Å². The minimum absolute atomic E-state index is 0.105. The van der Waals surface area contributed by atoms with E-state index >= 15 is 0 Å². The predicted octanol–water partition coefficient (Wildman–Crippen LogP) is 6.43.